The molecule has 3 rings (SSSR count). The number of aromatic nitrogens is 2. The number of amides is 1. The molecule has 0 aliphatic carbocycles. The van der Waals surface area contributed by atoms with Gasteiger partial charge in [0.05, 0.1) is 16.7 Å². The number of para-hydroxylation sites is 1. The summed E-state index contributed by atoms with van der Waals surface area (Å²) in [6.07, 6.45) is 0.808. The Morgan fingerprint density at radius 1 is 1.17 bits per heavy atom. The number of anilines is 1. The fraction of sp³-hybridized carbons (Fsp3) is 0.348. The fourth-order valence-electron chi connectivity index (χ4n) is 3.09. The van der Waals surface area contributed by atoms with Gasteiger partial charge in [-0.1, -0.05) is 43.0 Å². The number of carbonyl (C=O) groups excluding carboxylic acids is 1. The number of hydrogen-bond acceptors (Lipinski definition) is 5. The average molecular weight is 425 g/mol. The van der Waals surface area contributed by atoms with E-state index in [4.69, 9.17) is 0 Å². The van der Waals surface area contributed by atoms with Crippen molar-refractivity contribution in [3.05, 3.63) is 64.4 Å². The van der Waals surface area contributed by atoms with Gasteiger partial charge in [-0.3, -0.25) is 14.2 Å². The summed E-state index contributed by atoms with van der Waals surface area (Å²) in [5.41, 5.74) is 2.76. The molecule has 1 heterocycles. The van der Waals surface area contributed by atoms with Crippen molar-refractivity contribution in [3.63, 3.8) is 0 Å². The van der Waals surface area contributed by atoms with E-state index >= 15 is 0 Å². The lowest BCUT2D eigenvalue weighted by atomic mass is 10.2. The molecule has 7 heteroatoms. The molecule has 0 unspecified atom stereocenters. The van der Waals surface area contributed by atoms with E-state index in [-0.39, 0.29) is 23.3 Å². The number of fused-ring (bicyclic) bond motifs is 1. The highest BCUT2D eigenvalue weighted by Crippen LogP contribution is 2.22. The van der Waals surface area contributed by atoms with Crippen molar-refractivity contribution in [3.8, 4) is 0 Å². The van der Waals surface area contributed by atoms with Gasteiger partial charge in [0, 0.05) is 32.4 Å². The Hall–Kier alpha value is -2.80. The fourth-order valence-corrected chi connectivity index (χ4v) is 4.02. The van der Waals surface area contributed by atoms with Crippen LogP contribution in [0.2, 0.25) is 0 Å². The van der Waals surface area contributed by atoms with Crippen molar-refractivity contribution in [2.45, 2.75) is 38.0 Å². The topological polar surface area (TPSA) is 67.2 Å². The molecule has 2 aromatic carbocycles. The van der Waals surface area contributed by atoms with Gasteiger partial charge in [0.15, 0.2) is 5.16 Å². The number of carbonyl (C=O) groups is 1. The summed E-state index contributed by atoms with van der Waals surface area (Å²) >= 11 is 1.30. The summed E-state index contributed by atoms with van der Waals surface area (Å²) in [5.74, 6) is 0.117. The summed E-state index contributed by atoms with van der Waals surface area (Å²) in [6.45, 7) is 4.50. The number of hydrogen-bond donors (Lipinski definition) is 1. The van der Waals surface area contributed by atoms with Crippen molar-refractivity contribution in [2.75, 3.05) is 24.7 Å². The lowest BCUT2D eigenvalue weighted by Gasteiger charge is -2.18. The molecule has 0 bridgehead atoms. The van der Waals surface area contributed by atoms with E-state index in [1.54, 1.807) is 10.6 Å². The van der Waals surface area contributed by atoms with Gasteiger partial charge in [-0.2, -0.15) is 0 Å². The van der Waals surface area contributed by atoms with Gasteiger partial charge in [-0.05, 0) is 43.2 Å². The van der Waals surface area contributed by atoms with Crippen molar-refractivity contribution in [2.24, 2.45) is 0 Å². The van der Waals surface area contributed by atoms with Crippen LogP contribution in [0, 0.1) is 0 Å². The molecular weight excluding hydrogens is 396 g/mol. The molecule has 0 saturated carbocycles. The zero-order valence-electron chi connectivity index (χ0n) is 17.9. The quantitative estimate of drug-likeness (QED) is 0.440. The summed E-state index contributed by atoms with van der Waals surface area (Å²) in [7, 11) is 3.99. The molecule has 0 fully saturated rings. The second-order valence-electron chi connectivity index (χ2n) is 7.47. The van der Waals surface area contributed by atoms with E-state index in [9.17, 15) is 9.59 Å². The maximum atomic E-state index is 13.0. The number of nitrogens with one attached hydrogen (secondary N) is 1. The largest absolute Gasteiger partial charge is 0.378 e. The number of benzene rings is 2. The van der Waals surface area contributed by atoms with E-state index in [2.05, 4.69) is 10.3 Å². The number of nitrogens with zero attached hydrogens (tertiary/aromatic N) is 3. The smallest absolute Gasteiger partial charge is 0.262 e. The Morgan fingerprint density at radius 2 is 1.87 bits per heavy atom. The summed E-state index contributed by atoms with van der Waals surface area (Å²) < 4.78 is 1.71. The summed E-state index contributed by atoms with van der Waals surface area (Å²) in [6, 6.07) is 15.4. The molecule has 1 N–H and O–H groups in total. The van der Waals surface area contributed by atoms with Crippen LogP contribution in [0.3, 0.4) is 0 Å². The van der Waals surface area contributed by atoms with Crippen LogP contribution < -0.4 is 15.8 Å². The monoisotopic (exact) mass is 424 g/mol. The lowest BCUT2D eigenvalue weighted by molar-refractivity contribution is -0.118. The average Bonchev–Trinajstić information content (AvgIpc) is 2.76. The predicted molar refractivity (Wildman–Crippen MR) is 124 cm³/mol. The van der Waals surface area contributed by atoms with E-state index in [0.29, 0.717) is 22.6 Å². The van der Waals surface area contributed by atoms with Crippen LogP contribution in [0.15, 0.2) is 58.5 Å². The first-order valence-corrected chi connectivity index (χ1v) is 11.1. The van der Waals surface area contributed by atoms with Crippen molar-refractivity contribution < 1.29 is 4.79 Å². The van der Waals surface area contributed by atoms with Crippen molar-refractivity contribution >= 4 is 34.3 Å². The van der Waals surface area contributed by atoms with E-state index in [1.807, 2.05) is 75.3 Å². The first-order valence-electron chi connectivity index (χ1n) is 10.1. The Balaban J connectivity index is 1.70. The molecule has 1 atom stereocenters. The molecule has 0 saturated heterocycles. The van der Waals surface area contributed by atoms with Gasteiger partial charge in [0.25, 0.3) is 5.56 Å². The SMILES string of the molecule is CC[C@H](C)n1c(SCC(=O)NCc2ccc(N(C)C)cc2)nc2ccccc2c1=O. The highest BCUT2D eigenvalue weighted by Gasteiger charge is 2.16. The molecular formula is C23H28N4O2S. The first-order chi connectivity index (χ1) is 14.4. The third-order valence-corrected chi connectivity index (χ3v) is 6.03. The molecule has 1 amide bonds. The Labute approximate surface area is 181 Å². The first kappa shape index (κ1) is 21.9. The van der Waals surface area contributed by atoms with Crippen LogP contribution in [0.25, 0.3) is 10.9 Å². The van der Waals surface area contributed by atoms with Crippen LogP contribution >= 0.6 is 11.8 Å². The highest BCUT2D eigenvalue weighted by atomic mass is 32.2. The molecule has 3 aromatic rings. The third kappa shape index (κ3) is 5.02. The minimum absolute atomic E-state index is 0.00961. The van der Waals surface area contributed by atoms with Gasteiger partial charge in [-0.15, -0.1) is 0 Å². The van der Waals surface area contributed by atoms with E-state index < -0.39 is 0 Å². The molecule has 30 heavy (non-hydrogen) atoms. The van der Waals surface area contributed by atoms with Gasteiger partial charge >= 0.3 is 0 Å². The maximum absolute atomic E-state index is 13.0. The zero-order valence-corrected chi connectivity index (χ0v) is 18.7. The Bertz CT molecular complexity index is 1080. The minimum Gasteiger partial charge on any atom is -0.378 e. The molecule has 0 aliphatic rings. The van der Waals surface area contributed by atoms with Crippen molar-refractivity contribution in [1.82, 2.24) is 14.9 Å². The van der Waals surface area contributed by atoms with Gasteiger partial charge in [0.2, 0.25) is 5.91 Å². The third-order valence-electron chi connectivity index (χ3n) is 5.08. The molecule has 158 valence electrons. The molecule has 0 aliphatic heterocycles. The molecule has 0 radical (unpaired) electrons. The van der Waals surface area contributed by atoms with E-state index in [0.717, 1.165) is 17.7 Å². The predicted octanol–water partition coefficient (Wildman–Crippen LogP) is 3.84. The van der Waals surface area contributed by atoms with Crippen LogP contribution in [0.1, 0.15) is 31.9 Å². The normalized spacial score (nSPS) is 12.0. The summed E-state index contributed by atoms with van der Waals surface area (Å²) in [5, 5.41) is 4.13. The number of rotatable bonds is 8. The number of thioether (sulfide) groups is 1. The molecule has 6 nitrogen and oxygen atoms in total. The van der Waals surface area contributed by atoms with Crippen LogP contribution in [0.4, 0.5) is 5.69 Å². The van der Waals surface area contributed by atoms with Crippen LogP contribution in [0.5, 0.6) is 0 Å². The zero-order chi connectivity index (χ0) is 21.7. The lowest BCUT2D eigenvalue weighted by Crippen LogP contribution is -2.28. The van der Waals surface area contributed by atoms with E-state index in [1.165, 1.54) is 11.8 Å². The van der Waals surface area contributed by atoms with Crippen LogP contribution in [-0.4, -0.2) is 35.3 Å². The second-order valence-corrected chi connectivity index (χ2v) is 8.41. The van der Waals surface area contributed by atoms with Gasteiger partial charge < -0.3 is 10.2 Å². The van der Waals surface area contributed by atoms with Crippen molar-refractivity contribution in [1.29, 1.82) is 0 Å². The maximum Gasteiger partial charge on any atom is 0.262 e. The molecule has 1 aromatic heterocycles. The van der Waals surface area contributed by atoms with Gasteiger partial charge in [-0.25, -0.2) is 4.98 Å². The minimum atomic E-state index is -0.0882. The Kier molecular flexibility index (Phi) is 7.15. The summed E-state index contributed by atoms with van der Waals surface area (Å²) in [4.78, 5) is 32.1. The Morgan fingerprint density at radius 3 is 2.53 bits per heavy atom. The highest BCUT2D eigenvalue weighted by molar-refractivity contribution is 7.99. The molecule has 0 spiro atoms. The van der Waals surface area contributed by atoms with Gasteiger partial charge in [0.1, 0.15) is 0 Å². The van der Waals surface area contributed by atoms with Crippen LogP contribution in [-0.2, 0) is 11.3 Å². The standard InChI is InChI=1S/C23H28N4O2S/c1-5-16(2)27-22(29)19-8-6-7-9-20(19)25-23(27)30-15-21(28)24-14-17-10-12-18(13-11-17)26(3)4/h6-13,16H,5,14-15H2,1-4H3,(H,24,28)/t16-/m0/s1. The second kappa shape index (κ2) is 9.80.